The van der Waals surface area contributed by atoms with E-state index >= 15 is 0 Å². The highest BCUT2D eigenvalue weighted by Crippen LogP contribution is 2.48. The Kier molecular flexibility index (Phi) is 17.0. The third kappa shape index (κ3) is 12.1. The van der Waals surface area contributed by atoms with Crippen LogP contribution in [0.2, 0.25) is 0 Å². The number of ether oxygens (including phenoxy) is 6. The normalized spacial score (nSPS) is 12.8. The number of nitrogens with zero attached hydrogens (tertiary/aromatic N) is 2. The van der Waals surface area contributed by atoms with Crippen molar-refractivity contribution >= 4 is 176 Å². The van der Waals surface area contributed by atoms with Gasteiger partial charge in [-0.25, -0.2) is 0 Å². The Morgan fingerprint density at radius 1 is 0.173 bits per heavy atom. The minimum atomic E-state index is 0.0451. The summed E-state index contributed by atoms with van der Waals surface area (Å²) in [6.07, 6.45) is 0. The first-order valence-electron chi connectivity index (χ1n) is 45.2. The molecule has 618 valence electrons. The third-order valence-electron chi connectivity index (χ3n) is 27.6. The van der Waals surface area contributed by atoms with Gasteiger partial charge in [0.1, 0.15) is 69.0 Å². The van der Waals surface area contributed by atoms with E-state index in [1.807, 2.05) is 59.1 Å². The molecule has 13 heteroatoms. The number of thiophene rings is 2. The largest absolute Gasteiger partial charge is 0.458 e. The summed E-state index contributed by atoms with van der Waals surface area (Å²) in [7, 11) is 0. The van der Waals surface area contributed by atoms with Crippen LogP contribution < -0.4 is 77.6 Å². The van der Waals surface area contributed by atoms with E-state index < -0.39 is 0 Å². The second-order valence-electron chi connectivity index (χ2n) is 35.0. The Morgan fingerprint density at radius 2 is 0.481 bits per heavy atom. The molecule has 0 saturated carbocycles. The molecule has 20 aromatic carbocycles. The fourth-order valence-corrected chi connectivity index (χ4v) is 24.0. The molecule has 0 radical (unpaired) electrons. The van der Waals surface area contributed by atoms with Gasteiger partial charge in [-0.05, 0) is 234 Å². The van der Waals surface area contributed by atoms with Crippen molar-refractivity contribution in [2.24, 2.45) is 0 Å². The van der Waals surface area contributed by atoms with Gasteiger partial charge in [-0.1, -0.05) is 273 Å². The van der Waals surface area contributed by atoms with Crippen molar-refractivity contribution in [1.82, 2.24) is 9.13 Å². The van der Waals surface area contributed by atoms with E-state index in [-0.39, 0.29) is 20.1 Å². The molecule has 0 saturated heterocycles. The van der Waals surface area contributed by atoms with Gasteiger partial charge in [0.05, 0.1) is 27.8 Å². The molecule has 6 aliphatic heterocycles. The molecule has 0 spiro atoms. The molecule has 10 heterocycles. The van der Waals surface area contributed by atoms with E-state index in [9.17, 15) is 0 Å². The zero-order chi connectivity index (χ0) is 87.0. The number of rotatable bonds is 7. The Labute approximate surface area is 774 Å². The van der Waals surface area contributed by atoms with Gasteiger partial charge in [0, 0.05) is 96.1 Å². The molecule has 0 atom stereocenters. The summed E-state index contributed by atoms with van der Waals surface area (Å²) in [6, 6.07) is 153. The number of fused-ring (bicyclic) bond motifs is 24. The van der Waals surface area contributed by atoms with Gasteiger partial charge in [0.25, 0.3) is 20.1 Å². The number of hydrogen-bond donors (Lipinski definition) is 0. The molecule has 6 aliphatic rings. The van der Waals surface area contributed by atoms with E-state index in [2.05, 4.69) is 403 Å². The van der Waals surface area contributed by atoms with Crippen molar-refractivity contribution < 1.29 is 28.4 Å². The minimum Gasteiger partial charge on any atom is -0.458 e. The third-order valence-corrected chi connectivity index (χ3v) is 30.0. The molecule has 0 amide bonds. The first-order chi connectivity index (χ1) is 65.9. The highest BCUT2D eigenvalue weighted by Gasteiger charge is 2.44. The van der Waals surface area contributed by atoms with Gasteiger partial charge in [0.2, 0.25) is 0 Å². The van der Waals surface area contributed by atoms with E-state index in [0.29, 0.717) is 0 Å². The van der Waals surface area contributed by atoms with Crippen LogP contribution in [0.4, 0.5) is 0 Å². The summed E-state index contributed by atoms with van der Waals surface area (Å²) in [6.45, 7) is 0.224. The fourth-order valence-electron chi connectivity index (χ4n) is 21.7. The van der Waals surface area contributed by atoms with Crippen LogP contribution in [-0.2, 0) is 0 Å². The van der Waals surface area contributed by atoms with Crippen LogP contribution in [0.5, 0.6) is 69.0 Å². The predicted molar refractivity (Wildman–Crippen MR) is 554 cm³/mol. The van der Waals surface area contributed by atoms with E-state index in [1.54, 1.807) is 0 Å². The first-order valence-corrected chi connectivity index (χ1v) is 46.8. The van der Waals surface area contributed by atoms with Gasteiger partial charge in [-0.15, -0.1) is 22.7 Å². The molecule has 133 heavy (non-hydrogen) atoms. The van der Waals surface area contributed by atoms with Crippen LogP contribution in [0.15, 0.2) is 431 Å². The molecular formula is C120H71B3N2O6S2. The lowest BCUT2D eigenvalue weighted by Gasteiger charge is -2.33. The van der Waals surface area contributed by atoms with Crippen LogP contribution >= 0.6 is 22.7 Å². The Balaban J connectivity index is 0.000000101. The highest BCUT2D eigenvalue weighted by atomic mass is 32.1. The Morgan fingerprint density at radius 3 is 0.940 bits per heavy atom. The number of aromatic nitrogens is 2. The molecule has 8 nitrogen and oxygen atoms in total. The summed E-state index contributed by atoms with van der Waals surface area (Å²) in [5.74, 6) is 10.5. The van der Waals surface area contributed by atoms with E-state index in [1.165, 1.54) is 128 Å². The number of para-hydroxylation sites is 9. The molecule has 0 unspecified atom stereocenters. The number of benzene rings is 20. The van der Waals surface area contributed by atoms with Gasteiger partial charge in [0.15, 0.2) is 0 Å². The van der Waals surface area contributed by atoms with Gasteiger partial charge < -0.3 is 37.6 Å². The van der Waals surface area contributed by atoms with Gasteiger partial charge in [-0.2, -0.15) is 0 Å². The standard InChI is InChI=1S/C48H29BN2O2.2C36H21BO2S/c1-2-12-32(13-3-1)50-40-18-8-4-14-34(40)36-26-30(22-24-42(36)50)31-23-25-43-37(27-31)35-15-5-9-19-41(35)51(43)33-28-46-48-47(29-33)53-45-21-11-7-17-39(45)49(48)38-16-6-10-20-44(38)52-46;1-6-18-34-26(11-1)27-13-8-12-25(36(27)40-34)23-10-7-9-22(19-23)24-20-32-35-33(21-24)39-31-17-5-3-15-29(31)37(35)28-14-2-4-16-30(28)38-32;1-6-15-34-26(10-1)27-19-24(16-17-35(27)40-34)22-8-7-9-23(18-22)25-20-32-36-33(21-25)39-31-14-5-3-12-29(31)37(36)28-11-2-4-13-30(28)38-32/h1-29H;2*1-21H. The lowest BCUT2D eigenvalue weighted by Crippen LogP contribution is -2.57. The summed E-state index contributed by atoms with van der Waals surface area (Å²) < 4.78 is 49.5. The minimum absolute atomic E-state index is 0.0451. The van der Waals surface area contributed by atoms with Crippen molar-refractivity contribution in [3.8, 4) is 136 Å². The highest BCUT2D eigenvalue weighted by molar-refractivity contribution is 7.26. The molecule has 0 aliphatic carbocycles. The Hall–Kier alpha value is -16.6. The monoisotopic (exact) mass is 1730 g/mol. The van der Waals surface area contributed by atoms with Crippen LogP contribution in [0.25, 0.3) is 151 Å². The molecule has 30 rings (SSSR count). The first kappa shape index (κ1) is 75.4. The summed E-state index contributed by atoms with van der Waals surface area (Å²) in [5.41, 5.74) is 28.8. The quantitative estimate of drug-likeness (QED) is 0.148. The van der Waals surface area contributed by atoms with Crippen LogP contribution in [0.3, 0.4) is 0 Å². The van der Waals surface area contributed by atoms with E-state index in [0.717, 1.165) is 141 Å². The molecular weight excluding hydrogens is 1660 g/mol. The summed E-state index contributed by atoms with van der Waals surface area (Å²) in [5, 5.41) is 10.2. The van der Waals surface area contributed by atoms with Crippen molar-refractivity contribution in [3.05, 3.63) is 431 Å². The van der Waals surface area contributed by atoms with Crippen molar-refractivity contribution in [1.29, 1.82) is 0 Å². The molecule has 0 bridgehead atoms. The average Bonchev–Trinajstić information content (AvgIpc) is 1.56. The number of hydrogen-bond acceptors (Lipinski definition) is 8. The summed E-state index contributed by atoms with van der Waals surface area (Å²) >= 11 is 3.72. The predicted octanol–water partition coefficient (Wildman–Crippen LogP) is 26.5. The van der Waals surface area contributed by atoms with Crippen LogP contribution in [0.1, 0.15) is 0 Å². The molecule has 0 fully saturated rings. The lowest BCUT2D eigenvalue weighted by atomic mass is 9.35. The SMILES string of the molecule is c1cc(-c2cc3c4c(c2)Oc2ccccc2B4c2ccccc2O3)cc(-c2ccc3sc4ccccc4c3c2)c1.c1cc(-c2cc3c4c(c2)Oc2ccccc2B4c2ccccc2O3)cc(-c2cccc3c2sc2ccccc23)c1.c1ccc(-n2c3ccccc3c3cc(-c4ccc5c(c4)c4ccccc4n5-c4cc5c6c(c4)Oc4ccccc4B6c4ccccc4O5)ccc32)cc1. The maximum atomic E-state index is 6.68. The van der Waals surface area contributed by atoms with Crippen LogP contribution in [-0.4, -0.2) is 29.3 Å². The average molecular weight is 1730 g/mol. The fraction of sp³-hybridized carbons (Fsp3) is 0. The van der Waals surface area contributed by atoms with E-state index in [4.69, 9.17) is 28.4 Å². The molecule has 24 aromatic rings. The Bertz CT molecular complexity index is 8840. The zero-order valence-electron chi connectivity index (χ0n) is 71.4. The smallest absolute Gasteiger partial charge is 0.260 e. The second kappa shape index (κ2) is 30.0. The lowest BCUT2D eigenvalue weighted by molar-refractivity contribution is 0.464. The van der Waals surface area contributed by atoms with Gasteiger partial charge in [-0.3, -0.25) is 0 Å². The molecule has 4 aromatic heterocycles. The maximum absolute atomic E-state index is 6.68. The van der Waals surface area contributed by atoms with Crippen molar-refractivity contribution in [3.63, 3.8) is 0 Å². The molecule has 0 N–H and O–H groups in total. The second-order valence-corrected chi connectivity index (χ2v) is 37.2. The van der Waals surface area contributed by atoms with Gasteiger partial charge >= 0.3 is 0 Å². The maximum Gasteiger partial charge on any atom is 0.260 e. The summed E-state index contributed by atoms with van der Waals surface area (Å²) in [4.78, 5) is 0. The van der Waals surface area contributed by atoms with Crippen LogP contribution in [0, 0.1) is 0 Å². The van der Waals surface area contributed by atoms with Crippen molar-refractivity contribution in [2.45, 2.75) is 0 Å². The zero-order valence-corrected chi connectivity index (χ0v) is 73.0. The topological polar surface area (TPSA) is 65.2 Å². The van der Waals surface area contributed by atoms with Crippen molar-refractivity contribution in [2.75, 3.05) is 0 Å².